The number of ether oxygens (including phenoxy) is 3. The molecule has 0 atom stereocenters. The van der Waals surface area contributed by atoms with Crippen LogP contribution in [-0.2, 0) is 13.0 Å². The monoisotopic (exact) mass is 329 g/mol. The third-order valence-electron chi connectivity index (χ3n) is 3.76. The van der Waals surface area contributed by atoms with Crippen LogP contribution in [0.2, 0.25) is 0 Å². The number of rotatable bonds is 10. The highest BCUT2D eigenvalue weighted by Gasteiger charge is 2.08. The van der Waals surface area contributed by atoms with Gasteiger partial charge in [0.15, 0.2) is 11.5 Å². The zero-order valence-electron chi connectivity index (χ0n) is 14.8. The molecule has 0 aliphatic rings. The zero-order valence-corrected chi connectivity index (χ0v) is 14.8. The molecule has 0 saturated carbocycles. The summed E-state index contributed by atoms with van der Waals surface area (Å²) in [6.45, 7) is 4.55. The van der Waals surface area contributed by atoms with Crippen molar-refractivity contribution < 1.29 is 14.2 Å². The molecule has 2 rings (SSSR count). The second-order valence-corrected chi connectivity index (χ2v) is 5.58. The van der Waals surface area contributed by atoms with Gasteiger partial charge in [-0.2, -0.15) is 0 Å². The summed E-state index contributed by atoms with van der Waals surface area (Å²) in [5.74, 6) is 2.53. The summed E-state index contributed by atoms with van der Waals surface area (Å²) in [5, 5.41) is 3.47. The lowest BCUT2D eigenvalue weighted by Crippen LogP contribution is -2.17. The molecule has 0 unspecified atom stereocenters. The second kappa shape index (κ2) is 9.83. The number of hydrogen-bond donors (Lipinski definition) is 1. The molecule has 0 saturated heterocycles. The van der Waals surface area contributed by atoms with Gasteiger partial charge in [0, 0.05) is 6.54 Å². The Morgan fingerprint density at radius 2 is 1.83 bits per heavy atom. The summed E-state index contributed by atoms with van der Waals surface area (Å²) in [5.41, 5.74) is 2.37. The summed E-state index contributed by atoms with van der Waals surface area (Å²) < 4.78 is 16.5. The molecular weight excluding hydrogens is 302 g/mol. The van der Waals surface area contributed by atoms with Crippen LogP contribution in [0.1, 0.15) is 24.5 Å². The summed E-state index contributed by atoms with van der Waals surface area (Å²) in [4.78, 5) is 0. The Morgan fingerprint density at radius 3 is 2.58 bits per heavy atom. The van der Waals surface area contributed by atoms with Gasteiger partial charge >= 0.3 is 0 Å². The highest BCUT2D eigenvalue weighted by atomic mass is 16.5. The molecule has 2 aromatic carbocycles. The first-order valence-corrected chi connectivity index (χ1v) is 8.40. The Morgan fingerprint density at radius 1 is 1.00 bits per heavy atom. The lowest BCUT2D eigenvalue weighted by atomic mass is 10.1. The van der Waals surface area contributed by atoms with Crippen LogP contribution in [0.3, 0.4) is 0 Å². The van der Waals surface area contributed by atoms with Crippen molar-refractivity contribution in [2.75, 3.05) is 27.4 Å². The van der Waals surface area contributed by atoms with Crippen LogP contribution in [0.5, 0.6) is 17.2 Å². The van der Waals surface area contributed by atoms with E-state index < -0.39 is 0 Å². The van der Waals surface area contributed by atoms with Gasteiger partial charge in [-0.25, -0.2) is 0 Å². The molecule has 0 radical (unpaired) electrons. The molecular formula is C20H27NO3. The van der Waals surface area contributed by atoms with Gasteiger partial charge in [0.05, 0.1) is 20.8 Å². The van der Waals surface area contributed by atoms with Crippen LogP contribution in [-0.4, -0.2) is 27.4 Å². The van der Waals surface area contributed by atoms with Crippen LogP contribution < -0.4 is 19.5 Å². The van der Waals surface area contributed by atoms with E-state index in [2.05, 4.69) is 30.4 Å². The number of para-hydroxylation sites is 1. The van der Waals surface area contributed by atoms with Crippen LogP contribution >= 0.6 is 0 Å². The van der Waals surface area contributed by atoms with Gasteiger partial charge in [-0.15, -0.1) is 0 Å². The van der Waals surface area contributed by atoms with E-state index in [1.54, 1.807) is 14.2 Å². The Kier molecular flexibility index (Phi) is 7.43. The first-order valence-electron chi connectivity index (χ1n) is 8.40. The van der Waals surface area contributed by atoms with Crippen LogP contribution in [0.15, 0.2) is 42.5 Å². The Labute approximate surface area is 144 Å². The van der Waals surface area contributed by atoms with Gasteiger partial charge in [-0.05, 0) is 48.7 Å². The normalized spacial score (nSPS) is 10.5. The Bertz CT molecular complexity index is 628. The quantitative estimate of drug-likeness (QED) is 0.673. The van der Waals surface area contributed by atoms with Crippen LogP contribution in [0.25, 0.3) is 0 Å². The fraction of sp³-hybridized carbons (Fsp3) is 0.400. The van der Waals surface area contributed by atoms with Crippen molar-refractivity contribution in [2.24, 2.45) is 0 Å². The molecule has 1 N–H and O–H groups in total. The fourth-order valence-electron chi connectivity index (χ4n) is 2.57. The lowest BCUT2D eigenvalue weighted by Gasteiger charge is -2.13. The average molecular weight is 329 g/mol. The summed E-state index contributed by atoms with van der Waals surface area (Å²) in [6.07, 6.45) is 1.90. The topological polar surface area (TPSA) is 39.7 Å². The fourth-order valence-corrected chi connectivity index (χ4v) is 2.57. The average Bonchev–Trinajstić information content (AvgIpc) is 2.63. The highest BCUT2D eigenvalue weighted by Crippen LogP contribution is 2.30. The van der Waals surface area contributed by atoms with Crippen molar-refractivity contribution in [1.82, 2.24) is 5.32 Å². The molecule has 0 bridgehead atoms. The van der Waals surface area contributed by atoms with E-state index in [0.29, 0.717) is 0 Å². The molecule has 2 aromatic rings. The molecule has 0 aliphatic heterocycles. The van der Waals surface area contributed by atoms with Gasteiger partial charge in [-0.3, -0.25) is 0 Å². The maximum Gasteiger partial charge on any atom is 0.163 e. The van der Waals surface area contributed by atoms with Crippen LogP contribution in [0.4, 0.5) is 0 Å². The van der Waals surface area contributed by atoms with Gasteiger partial charge in [0.2, 0.25) is 0 Å². The minimum absolute atomic E-state index is 0.756. The van der Waals surface area contributed by atoms with Gasteiger partial charge in [-0.1, -0.05) is 31.2 Å². The standard InChI is InChI=1S/C20H27NO3/c1-4-13-24-18-9-5-7-16(14-18)15-21-12-11-17-8-6-10-19(22-2)20(17)23-3/h5-10,14,21H,4,11-13,15H2,1-3H3. The van der Waals surface area contributed by atoms with Gasteiger partial charge in [0.1, 0.15) is 5.75 Å². The first kappa shape index (κ1) is 18.1. The molecule has 0 amide bonds. The van der Waals surface area contributed by atoms with Crippen molar-refractivity contribution >= 4 is 0 Å². The third-order valence-corrected chi connectivity index (χ3v) is 3.76. The highest BCUT2D eigenvalue weighted by molar-refractivity contribution is 5.46. The molecule has 4 heteroatoms. The summed E-state index contributed by atoms with van der Waals surface area (Å²) in [6, 6.07) is 14.2. The summed E-state index contributed by atoms with van der Waals surface area (Å²) >= 11 is 0. The SMILES string of the molecule is CCCOc1cccc(CNCCc2cccc(OC)c2OC)c1. The number of nitrogens with one attached hydrogen (secondary N) is 1. The zero-order chi connectivity index (χ0) is 17.2. The third kappa shape index (κ3) is 5.17. The van der Waals surface area contributed by atoms with E-state index in [1.807, 2.05) is 24.3 Å². The van der Waals surface area contributed by atoms with Crippen molar-refractivity contribution in [1.29, 1.82) is 0 Å². The number of methoxy groups -OCH3 is 2. The van der Waals surface area contributed by atoms with Crippen LogP contribution in [0, 0.1) is 0 Å². The predicted octanol–water partition coefficient (Wildman–Crippen LogP) is 3.82. The molecule has 0 aliphatic carbocycles. The van der Waals surface area contributed by atoms with Crippen molar-refractivity contribution in [2.45, 2.75) is 26.3 Å². The number of hydrogen-bond acceptors (Lipinski definition) is 4. The maximum atomic E-state index is 5.67. The largest absolute Gasteiger partial charge is 0.494 e. The minimum atomic E-state index is 0.756. The molecule has 0 aromatic heterocycles. The molecule has 0 fully saturated rings. The Balaban J connectivity index is 1.85. The molecule has 24 heavy (non-hydrogen) atoms. The first-order chi connectivity index (χ1) is 11.8. The maximum absolute atomic E-state index is 5.67. The molecule has 0 spiro atoms. The van der Waals surface area contributed by atoms with E-state index >= 15 is 0 Å². The molecule has 0 heterocycles. The van der Waals surface area contributed by atoms with Gasteiger partial charge in [0.25, 0.3) is 0 Å². The molecule has 130 valence electrons. The van der Waals surface area contributed by atoms with E-state index in [9.17, 15) is 0 Å². The lowest BCUT2D eigenvalue weighted by molar-refractivity contribution is 0.317. The van der Waals surface area contributed by atoms with E-state index in [-0.39, 0.29) is 0 Å². The second-order valence-electron chi connectivity index (χ2n) is 5.58. The predicted molar refractivity (Wildman–Crippen MR) is 97.2 cm³/mol. The van der Waals surface area contributed by atoms with Crippen molar-refractivity contribution in [3.63, 3.8) is 0 Å². The summed E-state index contributed by atoms with van der Waals surface area (Å²) in [7, 11) is 3.34. The Hall–Kier alpha value is -2.20. The van der Waals surface area contributed by atoms with Gasteiger partial charge < -0.3 is 19.5 Å². The minimum Gasteiger partial charge on any atom is -0.494 e. The van der Waals surface area contributed by atoms with Crippen molar-refractivity contribution in [3.8, 4) is 17.2 Å². The smallest absolute Gasteiger partial charge is 0.163 e. The van der Waals surface area contributed by atoms with E-state index in [1.165, 1.54) is 5.56 Å². The number of benzene rings is 2. The van der Waals surface area contributed by atoms with E-state index in [4.69, 9.17) is 14.2 Å². The van der Waals surface area contributed by atoms with E-state index in [0.717, 1.165) is 55.4 Å². The van der Waals surface area contributed by atoms with Crippen molar-refractivity contribution in [3.05, 3.63) is 53.6 Å². The molecule has 4 nitrogen and oxygen atoms in total.